The first-order chi connectivity index (χ1) is 11.5. The third kappa shape index (κ3) is 5.25. The maximum absolute atomic E-state index is 12.5. The summed E-state index contributed by atoms with van der Waals surface area (Å²) in [5.74, 6) is 0.464. The molecule has 1 fully saturated rings. The van der Waals surface area contributed by atoms with Crippen LogP contribution < -0.4 is 10.6 Å². The van der Waals surface area contributed by atoms with E-state index in [9.17, 15) is 9.59 Å². The van der Waals surface area contributed by atoms with Crippen LogP contribution in [0.4, 0.5) is 10.5 Å². The van der Waals surface area contributed by atoms with Gasteiger partial charge in [-0.2, -0.15) is 0 Å². The van der Waals surface area contributed by atoms with Crippen LogP contribution in [0.5, 0.6) is 0 Å². The Balaban J connectivity index is 1.92. The molecular weight excluding hydrogens is 302 g/mol. The summed E-state index contributed by atoms with van der Waals surface area (Å²) >= 11 is 0. The highest BCUT2D eigenvalue weighted by atomic mass is 16.2. The molecule has 2 N–H and O–H groups in total. The molecule has 5 nitrogen and oxygen atoms in total. The number of hydrogen-bond donors (Lipinski definition) is 2. The number of carbonyl (C=O) groups excluding carboxylic acids is 2. The van der Waals surface area contributed by atoms with Gasteiger partial charge in [-0.3, -0.25) is 4.79 Å². The molecule has 24 heavy (non-hydrogen) atoms. The maximum Gasteiger partial charge on any atom is 0.319 e. The van der Waals surface area contributed by atoms with Crippen molar-refractivity contribution in [3.8, 4) is 0 Å². The Morgan fingerprint density at radius 3 is 2.08 bits per heavy atom. The Hall–Kier alpha value is -2.04. The van der Waals surface area contributed by atoms with Crippen LogP contribution in [0.25, 0.3) is 0 Å². The molecule has 1 aliphatic heterocycles. The first-order valence-electron chi connectivity index (χ1n) is 8.94. The summed E-state index contributed by atoms with van der Waals surface area (Å²) in [6, 6.07) is 7.02. The Morgan fingerprint density at radius 2 is 1.54 bits per heavy atom. The van der Waals surface area contributed by atoms with Crippen LogP contribution in [0, 0.1) is 5.92 Å². The van der Waals surface area contributed by atoms with Gasteiger partial charge in [0, 0.05) is 30.4 Å². The predicted molar refractivity (Wildman–Crippen MR) is 97.3 cm³/mol. The van der Waals surface area contributed by atoms with Gasteiger partial charge in [-0.15, -0.1) is 0 Å². The van der Waals surface area contributed by atoms with Gasteiger partial charge in [0.25, 0.3) is 5.91 Å². The molecule has 132 valence electrons. The number of likely N-dealkylation sites (tertiary alicyclic amines) is 1. The fourth-order valence-corrected chi connectivity index (χ4v) is 2.69. The van der Waals surface area contributed by atoms with Crippen molar-refractivity contribution in [1.29, 1.82) is 0 Å². The summed E-state index contributed by atoms with van der Waals surface area (Å²) in [4.78, 5) is 26.4. The van der Waals surface area contributed by atoms with E-state index in [1.165, 1.54) is 12.8 Å². The van der Waals surface area contributed by atoms with Crippen LogP contribution in [0.1, 0.15) is 56.8 Å². The zero-order valence-electron chi connectivity index (χ0n) is 15.0. The van der Waals surface area contributed by atoms with Crippen molar-refractivity contribution >= 4 is 17.6 Å². The zero-order valence-corrected chi connectivity index (χ0v) is 15.0. The predicted octanol–water partition coefficient (Wildman–Crippen LogP) is 3.87. The summed E-state index contributed by atoms with van der Waals surface area (Å²) in [5.41, 5.74) is 1.37. The Morgan fingerprint density at radius 1 is 0.958 bits per heavy atom. The number of benzene rings is 1. The van der Waals surface area contributed by atoms with E-state index in [2.05, 4.69) is 24.5 Å². The lowest BCUT2D eigenvalue weighted by Crippen LogP contribution is -2.39. The van der Waals surface area contributed by atoms with Crippen molar-refractivity contribution in [2.75, 3.05) is 18.4 Å². The van der Waals surface area contributed by atoms with Gasteiger partial charge < -0.3 is 15.5 Å². The van der Waals surface area contributed by atoms with Crippen molar-refractivity contribution in [1.82, 2.24) is 10.2 Å². The molecule has 1 saturated heterocycles. The molecule has 1 aliphatic rings. The van der Waals surface area contributed by atoms with Gasteiger partial charge >= 0.3 is 6.03 Å². The van der Waals surface area contributed by atoms with Crippen molar-refractivity contribution in [3.05, 3.63) is 29.8 Å². The number of amides is 3. The van der Waals surface area contributed by atoms with Crippen LogP contribution in [-0.2, 0) is 0 Å². The van der Waals surface area contributed by atoms with Gasteiger partial charge in [-0.1, -0.05) is 26.7 Å². The van der Waals surface area contributed by atoms with E-state index in [0.717, 1.165) is 25.9 Å². The van der Waals surface area contributed by atoms with Gasteiger partial charge in [0.2, 0.25) is 0 Å². The van der Waals surface area contributed by atoms with E-state index in [1.807, 2.05) is 11.8 Å². The number of nitrogens with zero attached hydrogens (tertiary/aromatic N) is 1. The smallest absolute Gasteiger partial charge is 0.319 e. The second-order valence-electron chi connectivity index (χ2n) is 6.91. The highest BCUT2D eigenvalue weighted by Crippen LogP contribution is 2.15. The molecular formula is C19H29N3O2. The first-order valence-corrected chi connectivity index (χ1v) is 8.94. The fourth-order valence-electron chi connectivity index (χ4n) is 2.69. The summed E-state index contributed by atoms with van der Waals surface area (Å²) in [6.07, 6.45) is 4.58. The van der Waals surface area contributed by atoms with E-state index in [-0.39, 0.29) is 18.0 Å². The lowest BCUT2D eigenvalue weighted by atomic mass is 10.1. The van der Waals surface area contributed by atoms with Crippen molar-refractivity contribution in [2.45, 2.75) is 52.5 Å². The number of urea groups is 1. The molecule has 1 heterocycles. The number of carbonyl (C=O) groups is 2. The summed E-state index contributed by atoms with van der Waals surface area (Å²) in [6.45, 7) is 7.79. The van der Waals surface area contributed by atoms with Crippen LogP contribution in [-0.4, -0.2) is 36.0 Å². The number of hydrogen-bond acceptors (Lipinski definition) is 2. The van der Waals surface area contributed by atoms with Gasteiger partial charge in [0.1, 0.15) is 0 Å². The van der Waals surface area contributed by atoms with Crippen LogP contribution >= 0.6 is 0 Å². The van der Waals surface area contributed by atoms with E-state index in [0.29, 0.717) is 17.2 Å². The molecule has 0 aliphatic carbocycles. The summed E-state index contributed by atoms with van der Waals surface area (Å²) < 4.78 is 0. The minimum atomic E-state index is -0.220. The van der Waals surface area contributed by atoms with Gasteiger partial charge in [-0.05, 0) is 49.9 Å². The minimum absolute atomic E-state index is 0.0846. The molecule has 0 aromatic heterocycles. The Labute approximate surface area is 144 Å². The van der Waals surface area contributed by atoms with Crippen molar-refractivity contribution in [3.63, 3.8) is 0 Å². The molecule has 0 radical (unpaired) electrons. The molecule has 0 saturated carbocycles. The number of nitrogens with one attached hydrogen (secondary N) is 2. The lowest BCUT2D eigenvalue weighted by Gasteiger charge is -2.20. The third-order valence-corrected chi connectivity index (χ3v) is 4.64. The second-order valence-corrected chi connectivity index (χ2v) is 6.91. The van der Waals surface area contributed by atoms with Gasteiger partial charge in [0.15, 0.2) is 0 Å². The quantitative estimate of drug-likeness (QED) is 0.880. The first kappa shape index (κ1) is 18.3. The SMILES string of the molecule is CC(C)C(C)NC(=O)Nc1ccc(C(=O)N2CCCCCC2)cc1. The average Bonchev–Trinajstić information content (AvgIpc) is 2.84. The molecule has 1 aromatic carbocycles. The van der Waals surface area contributed by atoms with E-state index in [1.54, 1.807) is 24.3 Å². The van der Waals surface area contributed by atoms with Crippen molar-refractivity contribution in [2.24, 2.45) is 5.92 Å². The highest BCUT2D eigenvalue weighted by Gasteiger charge is 2.17. The van der Waals surface area contributed by atoms with Crippen LogP contribution in [0.2, 0.25) is 0 Å². The van der Waals surface area contributed by atoms with E-state index >= 15 is 0 Å². The number of rotatable bonds is 4. The average molecular weight is 331 g/mol. The molecule has 0 bridgehead atoms. The molecule has 0 spiro atoms. The Bertz CT molecular complexity index is 546. The van der Waals surface area contributed by atoms with Gasteiger partial charge in [-0.25, -0.2) is 4.79 Å². The zero-order chi connectivity index (χ0) is 17.5. The minimum Gasteiger partial charge on any atom is -0.339 e. The highest BCUT2D eigenvalue weighted by molar-refractivity contribution is 5.95. The third-order valence-electron chi connectivity index (χ3n) is 4.64. The van der Waals surface area contributed by atoms with E-state index in [4.69, 9.17) is 0 Å². The normalized spacial score (nSPS) is 16.4. The lowest BCUT2D eigenvalue weighted by molar-refractivity contribution is 0.0761. The molecule has 1 atom stereocenters. The van der Waals surface area contributed by atoms with Crippen molar-refractivity contribution < 1.29 is 9.59 Å². The molecule has 1 aromatic rings. The topological polar surface area (TPSA) is 61.4 Å². The maximum atomic E-state index is 12.5. The monoisotopic (exact) mass is 331 g/mol. The standard InChI is InChI=1S/C19H29N3O2/c1-14(2)15(3)20-19(24)21-17-10-8-16(9-11-17)18(23)22-12-6-4-5-7-13-22/h8-11,14-15H,4-7,12-13H2,1-3H3,(H2,20,21,24). The summed E-state index contributed by atoms with van der Waals surface area (Å²) in [7, 11) is 0. The van der Waals surface area contributed by atoms with E-state index < -0.39 is 0 Å². The van der Waals surface area contributed by atoms with Crippen LogP contribution in [0.3, 0.4) is 0 Å². The molecule has 1 unspecified atom stereocenters. The summed E-state index contributed by atoms with van der Waals surface area (Å²) in [5, 5.41) is 5.71. The molecule has 3 amide bonds. The van der Waals surface area contributed by atoms with Crippen LogP contribution in [0.15, 0.2) is 24.3 Å². The molecule has 5 heteroatoms. The van der Waals surface area contributed by atoms with Gasteiger partial charge in [0.05, 0.1) is 0 Å². The second kappa shape index (κ2) is 8.71. The number of anilines is 1. The molecule has 2 rings (SSSR count). The largest absolute Gasteiger partial charge is 0.339 e. The Kier molecular flexibility index (Phi) is 6.64. The fraction of sp³-hybridized carbons (Fsp3) is 0.579.